The fourth-order valence-electron chi connectivity index (χ4n) is 2.62. The molecule has 240 valence electrons. The first kappa shape index (κ1) is 36.7. The monoisotopic (exact) mass is 635 g/mol. The lowest BCUT2D eigenvalue weighted by atomic mass is 10.3. The van der Waals surface area contributed by atoms with Crippen LogP contribution in [0.3, 0.4) is 0 Å². The molecule has 0 amide bonds. The van der Waals surface area contributed by atoms with Gasteiger partial charge in [-0.2, -0.15) is 0 Å². The highest BCUT2D eigenvalue weighted by Gasteiger charge is 2.28. The molecule has 0 aliphatic rings. The average molecular weight is 636 g/mol. The number of carbonyl (C=O) groups is 4. The van der Waals surface area contributed by atoms with Crippen molar-refractivity contribution in [2.75, 3.05) is 32.3 Å². The number of aromatic nitrogens is 4. The number of imidazole rings is 1. The molecule has 0 radical (unpaired) electrons. The molecule has 0 unspecified atom stereocenters. The Balaban J connectivity index is 0.00000101. The van der Waals surface area contributed by atoms with Gasteiger partial charge in [0.05, 0.1) is 31.2 Å². The number of nitrogens with zero attached hydrogens (tertiary/aromatic N) is 4. The molecular formula is C23H34N5O14P. The van der Waals surface area contributed by atoms with E-state index >= 15 is 0 Å². The molecule has 0 aliphatic heterocycles. The Bertz CT molecular complexity index is 1250. The number of aliphatic carboxylic acids is 2. The van der Waals surface area contributed by atoms with Crippen LogP contribution in [-0.4, -0.2) is 92.7 Å². The largest absolute Gasteiger partial charge is 0.510 e. The number of fused-ring (bicyclic) bond motifs is 1. The van der Waals surface area contributed by atoms with Crippen LogP contribution in [0.4, 0.5) is 15.4 Å². The SMILES string of the molecule is CC(C)OC(=O)OCOP(=O)(COC[C@@H](C)n1cnc2c(N)ncnc21)OCOC(=O)OC(C)C.O=C(O)C=CC(=O)O. The number of anilines is 1. The van der Waals surface area contributed by atoms with Gasteiger partial charge in [0, 0.05) is 12.2 Å². The van der Waals surface area contributed by atoms with Gasteiger partial charge in [-0.05, 0) is 34.6 Å². The van der Waals surface area contributed by atoms with E-state index in [9.17, 15) is 23.7 Å². The van der Waals surface area contributed by atoms with Crippen LogP contribution in [-0.2, 0) is 46.9 Å². The highest BCUT2D eigenvalue weighted by molar-refractivity contribution is 7.53. The second kappa shape index (κ2) is 18.3. The van der Waals surface area contributed by atoms with Gasteiger partial charge in [0.15, 0.2) is 11.5 Å². The standard InChI is InChI=1S/C19H30N5O10P.C4H4O4/c1-12(2)33-18(25)29-9-31-35(27,32-10-30-19(26)34-13(3)4)11-28-6-14(5)24-8-23-15-16(20)21-7-22-17(15)24;5-3(6)1-2-4(7)8/h7-8,12-14H,6,9-11H2,1-5H3,(H2,20,21,22);1-2H,(H,5,6)(H,7,8)/t14-;/m1./s1. The maximum absolute atomic E-state index is 13.1. The zero-order valence-corrected chi connectivity index (χ0v) is 24.9. The zero-order valence-electron chi connectivity index (χ0n) is 24.0. The Labute approximate surface area is 245 Å². The van der Waals surface area contributed by atoms with Crippen molar-refractivity contribution >= 4 is 48.8 Å². The predicted octanol–water partition coefficient (Wildman–Crippen LogP) is 2.92. The number of ether oxygens (including phenoxy) is 5. The second-order valence-electron chi connectivity index (χ2n) is 8.67. The fraction of sp³-hybridized carbons (Fsp3) is 0.522. The molecule has 2 rings (SSSR count). The lowest BCUT2D eigenvalue weighted by Crippen LogP contribution is -2.18. The normalized spacial score (nSPS) is 12.1. The van der Waals surface area contributed by atoms with Crippen LogP contribution < -0.4 is 5.73 Å². The Morgan fingerprint density at radius 2 is 1.42 bits per heavy atom. The third kappa shape index (κ3) is 14.9. The maximum atomic E-state index is 13.1. The van der Waals surface area contributed by atoms with Crippen molar-refractivity contribution in [1.29, 1.82) is 0 Å². The van der Waals surface area contributed by atoms with E-state index in [2.05, 4.69) is 15.0 Å². The fourth-order valence-corrected chi connectivity index (χ4v) is 3.60. The number of carbonyl (C=O) groups excluding carboxylic acids is 2. The highest BCUT2D eigenvalue weighted by Crippen LogP contribution is 2.48. The van der Waals surface area contributed by atoms with Crippen molar-refractivity contribution in [2.24, 2.45) is 0 Å². The van der Waals surface area contributed by atoms with Gasteiger partial charge in [0.25, 0.3) is 0 Å². The van der Waals surface area contributed by atoms with Crippen LogP contribution in [0.1, 0.15) is 40.7 Å². The van der Waals surface area contributed by atoms with Crippen LogP contribution in [0.2, 0.25) is 0 Å². The second-order valence-corrected chi connectivity index (χ2v) is 10.7. The van der Waals surface area contributed by atoms with Crippen molar-refractivity contribution in [3.63, 3.8) is 0 Å². The van der Waals surface area contributed by atoms with Crippen LogP contribution in [0.15, 0.2) is 24.8 Å². The Morgan fingerprint density at radius 3 is 1.88 bits per heavy atom. The summed E-state index contributed by atoms with van der Waals surface area (Å²) in [6, 6.07) is -0.308. The van der Waals surface area contributed by atoms with E-state index in [1.54, 1.807) is 32.3 Å². The number of hydrogen-bond donors (Lipinski definition) is 3. The van der Waals surface area contributed by atoms with E-state index in [4.69, 9.17) is 48.7 Å². The van der Waals surface area contributed by atoms with E-state index in [0.717, 1.165) is 0 Å². The summed E-state index contributed by atoms with van der Waals surface area (Å²) in [6.45, 7) is 6.86. The Morgan fingerprint density at radius 1 is 0.907 bits per heavy atom. The lowest BCUT2D eigenvalue weighted by Gasteiger charge is -2.20. The van der Waals surface area contributed by atoms with E-state index in [1.165, 1.54) is 12.7 Å². The first-order valence-corrected chi connectivity index (χ1v) is 14.1. The summed E-state index contributed by atoms with van der Waals surface area (Å²) in [6.07, 6.45) is 0.521. The number of rotatable bonds is 15. The van der Waals surface area contributed by atoms with Crippen LogP contribution in [0, 0.1) is 0 Å². The van der Waals surface area contributed by atoms with Gasteiger partial charge >= 0.3 is 31.8 Å². The third-order valence-electron chi connectivity index (χ3n) is 4.36. The van der Waals surface area contributed by atoms with Crippen molar-refractivity contribution in [3.8, 4) is 0 Å². The van der Waals surface area contributed by atoms with Gasteiger partial charge in [-0.15, -0.1) is 0 Å². The van der Waals surface area contributed by atoms with Crippen LogP contribution in [0.25, 0.3) is 11.2 Å². The molecule has 19 nitrogen and oxygen atoms in total. The summed E-state index contributed by atoms with van der Waals surface area (Å²) in [4.78, 5) is 54.4. The molecular weight excluding hydrogens is 601 g/mol. The van der Waals surface area contributed by atoms with Crippen molar-refractivity contribution in [3.05, 3.63) is 24.8 Å². The van der Waals surface area contributed by atoms with Crippen molar-refractivity contribution in [2.45, 2.75) is 52.9 Å². The molecule has 2 heterocycles. The summed E-state index contributed by atoms with van der Waals surface area (Å²) in [5, 5.41) is 15.6. The molecule has 2 aromatic rings. The number of hydrogen-bond acceptors (Lipinski definition) is 16. The number of nitrogen functional groups attached to an aromatic ring is 1. The third-order valence-corrected chi connectivity index (χ3v) is 5.85. The van der Waals surface area contributed by atoms with Gasteiger partial charge in [-0.25, -0.2) is 34.1 Å². The van der Waals surface area contributed by atoms with Gasteiger partial charge in [0.1, 0.15) is 18.2 Å². The quantitative estimate of drug-likeness (QED) is 0.110. The molecule has 43 heavy (non-hydrogen) atoms. The maximum Gasteiger partial charge on any atom is 0.510 e. The molecule has 0 bridgehead atoms. The lowest BCUT2D eigenvalue weighted by molar-refractivity contribution is -0.134. The van der Waals surface area contributed by atoms with E-state index in [-0.39, 0.29) is 18.5 Å². The Hall–Kier alpha value is -4.32. The zero-order chi connectivity index (χ0) is 32.6. The van der Waals surface area contributed by atoms with E-state index in [0.29, 0.717) is 23.3 Å². The summed E-state index contributed by atoms with van der Waals surface area (Å²) in [5.74, 6) is -2.28. The van der Waals surface area contributed by atoms with E-state index < -0.39 is 64.0 Å². The molecule has 0 spiro atoms. The molecule has 20 heteroatoms. The van der Waals surface area contributed by atoms with Crippen LogP contribution >= 0.6 is 7.60 Å². The van der Waals surface area contributed by atoms with Gasteiger partial charge in [0.2, 0.25) is 13.6 Å². The molecule has 2 aromatic heterocycles. The molecule has 0 aromatic carbocycles. The smallest absolute Gasteiger partial charge is 0.478 e. The summed E-state index contributed by atoms with van der Waals surface area (Å²) < 4.78 is 49.5. The number of carboxylic acids is 2. The minimum atomic E-state index is -4.05. The first-order chi connectivity index (χ1) is 20.1. The van der Waals surface area contributed by atoms with Gasteiger partial charge in [-0.1, -0.05) is 0 Å². The molecule has 4 N–H and O–H groups in total. The van der Waals surface area contributed by atoms with Gasteiger partial charge in [-0.3, -0.25) is 13.6 Å². The minimum Gasteiger partial charge on any atom is -0.478 e. The molecule has 0 saturated heterocycles. The average Bonchev–Trinajstić information content (AvgIpc) is 3.32. The predicted molar refractivity (Wildman–Crippen MR) is 145 cm³/mol. The molecule has 1 atom stereocenters. The summed E-state index contributed by atoms with van der Waals surface area (Å²) >= 11 is 0. The minimum absolute atomic E-state index is 0.0403. The van der Waals surface area contributed by atoms with Crippen molar-refractivity contribution in [1.82, 2.24) is 19.5 Å². The van der Waals surface area contributed by atoms with Crippen LogP contribution in [0.5, 0.6) is 0 Å². The van der Waals surface area contributed by atoms with E-state index in [1.807, 2.05) is 6.92 Å². The first-order valence-electron chi connectivity index (χ1n) is 12.3. The number of carboxylic acid groups (broad SMARTS) is 2. The van der Waals surface area contributed by atoms with Gasteiger partial charge < -0.3 is 44.2 Å². The number of nitrogens with two attached hydrogens (primary N) is 1. The molecule has 0 fully saturated rings. The summed E-state index contributed by atoms with van der Waals surface area (Å²) in [7, 11) is -4.05. The Kier molecular flexibility index (Phi) is 15.6. The highest BCUT2D eigenvalue weighted by atomic mass is 31.2. The summed E-state index contributed by atoms with van der Waals surface area (Å²) in [5.41, 5.74) is 6.73. The molecule has 0 saturated carbocycles. The van der Waals surface area contributed by atoms with Crippen molar-refractivity contribution < 1.29 is 66.7 Å². The molecule has 0 aliphatic carbocycles. The topological polar surface area (TPSA) is 260 Å².